The lowest BCUT2D eigenvalue weighted by Crippen LogP contribution is -1.78. The van der Waals surface area contributed by atoms with E-state index in [1.165, 1.54) is 0 Å². The van der Waals surface area contributed by atoms with Gasteiger partial charge in [-0.2, -0.15) is 0 Å². The molecular formula is C10H9ClN2. The van der Waals surface area contributed by atoms with Gasteiger partial charge in [-0.3, -0.25) is 0 Å². The first kappa shape index (κ1) is 8.32. The molecule has 0 spiro atoms. The lowest BCUT2D eigenvalue weighted by atomic mass is 10.3. The number of rotatable bonds is 1. The Bertz CT molecular complexity index is 471. The quantitative estimate of drug-likeness (QED) is 0.738. The van der Waals surface area contributed by atoms with Crippen molar-refractivity contribution in [2.75, 3.05) is 0 Å². The van der Waals surface area contributed by atoms with Crippen LogP contribution in [0.2, 0.25) is 5.02 Å². The molecule has 0 aliphatic carbocycles. The molecule has 0 radical (unpaired) electrons. The Balaban J connectivity index is 2.68. The van der Waals surface area contributed by atoms with E-state index < -0.39 is 0 Å². The third-order valence-corrected chi connectivity index (χ3v) is 2.08. The van der Waals surface area contributed by atoms with Crippen LogP contribution in [0.1, 0.15) is 12.7 Å². The third kappa shape index (κ3) is 1.45. The van der Waals surface area contributed by atoms with Crippen LogP contribution in [-0.2, 0) is 0 Å². The van der Waals surface area contributed by atoms with Gasteiger partial charge in [0.1, 0.15) is 5.82 Å². The maximum absolute atomic E-state index is 5.84. The van der Waals surface area contributed by atoms with Gasteiger partial charge in [0.2, 0.25) is 0 Å². The number of nitrogens with one attached hydrogen (secondary N) is 1. The number of nitrogens with zero attached hydrogens (tertiary/aromatic N) is 1. The first-order valence-corrected chi connectivity index (χ1v) is 4.36. The molecule has 0 fully saturated rings. The van der Waals surface area contributed by atoms with E-state index in [0.717, 1.165) is 22.4 Å². The minimum absolute atomic E-state index is 0.712. The summed E-state index contributed by atoms with van der Waals surface area (Å²) in [5.41, 5.74) is 2.79. The minimum Gasteiger partial charge on any atom is -0.338 e. The summed E-state index contributed by atoms with van der Waals surface area (Å²) in [6.07, 6.45) is 0. The second-order valence-corrected chi connectivity index (χ2v) is 3.46. The second kappa shape index (κ2) is 2.89. The number of allylic oxidation sites excluding steroid dienone is 1. The van der Waals surface area contributed by atoms with E-state index >= 15 is 0 Å². The second-order valence-electron chi connectivity index (χ2n) is 3.03. The summed E-state index contributed by atoms with van der Waals surface area (Å²) in [7, 11) is 0. The molecule has 2 aromatic rings. The van der Waals surface area contributed by atoms with Gasteiger partial charge in [-0.1, -0.05) is 18.2 Å². The number of imidazole rings is 1. The molecule has 0 unspecified atom stereocenters. The minimum atomic E-state index is 0.712. The fraction of sp³-hybridized carbons (Fsp3) is 0.100. The first-order valence-electron chi connectivity index (χ1n) is 3.98. The van der Waals surface area contributed by atoms with Crippen molar-refractivity contribution in [2.45, 2.75) is 6.92 Å². The molecule has 66 valence electrons. The maximum atomic E-state index is 5.84. The van der Waals surface area contributed by atoms with Crippen molar-refractivity contribution >= 4 is 28.2 Å². The molecule has 1 N–H and O–H groups in total. The highest BCUT2D eigenvalue weighted by Gasteiger charge is 2.02. The fourth-order valence-electron chi connectivity index (χ4n) is 1.18. The zero-order valence-electron chi connectivity index (χ0n) is 7.26. The normalized spacial score (nSPS) is 10.6. The van der Waals surface area contributed by atoms with E-state index in [0.29, 0.717) is 5.02 Å². The Morgan fingerprint density at radius 2 is 2.31 bits per heavy atom. The monoisotopic (exact) mass is 192 g/mol. The van der Waals surface area contributed by atoms with Crippen molar-refractivity contribution < 1.29 is 0 Å². The molecule has 2 nitrogen and oxygen atoms in total. The predicted octanol–water partition coefficient (Wildman–Crippen LogP) is 3.25. The van der Waals surface area contributed by atoms with Crippen LogP contribution in [0.4, 0.5) is 0 Å². The highest BCUT2D eigenvalue weighted by molar-refractivity contribution is 6.31. The van der Waals surface area contributed by atoms with Crippen LogP contribution in [0.5, 0.6) is 0 Å². The number of benzene rings is 1. The van der Waals surface area contributed by atoms with Crippen molar-refractivity contribution in [3.05, 3.63) is 35.6 Å². The largest absolute Gasteiger partial charge is 0.338 e. The summed E-state index contributed by atoms with van der Waals surface area (Å²) in [5.74, 6) is 0.817. The maximum Gasteiger partial charge on any atom is 0.133 e. The average molecular weight is 193 g/mol. The van der Waals surface area contributed by atoms with E-state index in [4.69, 9.17) is 11.6 Å². The van der Waals surface area contributed by atoms with E-state index in [-0.39, 0.29) is 0 Å². The van der Waals surface area contributed by atoms with Gasteiger partial charge in [0.25, 0.3) is 0 Å². The van der Waals surface area contributed by atoms with E-state index in [9.17, 15) is 0 Å². The lowest BCUT2D eigenvalue weighted by molar-refractivity contribution is 1.26. The highest BCUT2D eigenvalue weighted by Crippen LogP contribution is 2.19. The Morgan fingerprint density at radius 3 is 3.00 bits per heavy atom. The number of aromatic amines is 1. The molecule has 13 heavy (non-hydrogen) atoms. The van der Waals surface area contributed by atoms with Gasteiger partial charge in [0.05, 0.1) is 11.0 Å². The number of H-pyrrole nitrogens is 1. The number of aromatic nitrogens is 2. The van der Waals surface area contributed by atoms with Crippen LogP contribution in [0.15, 0.2) is 24.8 Å². The fourth-order valence-corrected chi connectivity index (χ4v) is 1.36. The SMILES string of the molecule is C=C(C)c1nc2ccc(Cl)cc2[nH]1. The van der Waals surface area contributed by atoms with Crippen molar-refractivity contribution in [1.29, 1.82) is 0 Å². The van der Waals surface area contributed by atoms with E-state index in [1.807, 2.05) is 25.1 Å². The summed E-state index contributed by atoms with van der Waals surface area (Å²) in [6.45, 7) is 5.73. The zero-order valence-corrected chi connectivity index (χ0v) is 8.02. The Labute approximate surface area is 81.3 Å². The molecule has 0 saturated carbocycles. The van der Waals surface area contributed by atoms with Gasteiger partial charge in [-0.05, 0) is 30.7 Å². The average Bonchev–Trinajstić information content (AvgIpc) is 2.46. The Hall–Kier alpha value is -1.28. The van der Waals surface area contributed by atoms with E-state index in [2.05, 4.69) is 16.5 Å². The van der Waals surface area contributed by atoms with Gasteiger partial charge < -0.3 is 4.98 Å². The molecule has 0 aliphatic rings. The summed E-state index contributed by atoms with van der Waals surface area (Å²) < 4.78 is 0. The standard InChI is InChI=1S/C10H9ClN2/c1-6(2)10-12-8-4-3-7(11)5-9(8)13-10/h3-5H,1H2,2H3,(H,12,13). The molecule has 2 rings (SSSR count). The predicted molar refractivity (Wildman–Crippen MR) is 55.8 cm³/mol. The van der Waals surface area contributed by atoms with Crippen LogP contribution in [0.25, 0.3) is 16.6 Å². The van der Waals surface area contributed by atoms with Gasteiger partial charge >= 0.3 is 0 Å². The molecule has 1 aromatic carbocycles. The first-order chi connectivity index (χ1) is 6.16. The molecule has 1 heterocycles. The molecule has 0 aliphatic heterocycles. The van der Waals surface area contributed by atoms with Crippen LogP contribution in [0, 0.1) is 0 Å². The van der Waals surface area contributed by atoms with Crippen LogP contribution in [-0.4, -0.2) is 9.97 Å². The highest BCUT2D eigenvalue weighted by atomic mass is 35.5. The number of hydrogen-bond acceptors (Lipinski definition) is 1. The Kier molecular flexibility index (Phi) is 1.85. The van der Waals surface area contributed by atoms with Gasteiger partial charge in [-0.15, -0.1) is 0 Å². The van der Waals surface area contributed by atoms with Gasteiger partial charge in [-0.25, -0.2) is 4.98 Å². The Morgan fingerprint density at radius 1 is 1.54 bits per heavy atom. The van der Waals surface area contributed by atoms with Crippen molar-refractivity contribution in [3.8, 4) is 0 Å². The molecule has 0 bridgehead atoms. The van der Waals surface area contributed by atoms with Crippen LogP contribution >= 0.6 is 11.6 Å². The molecule has 3 heteroatoms. The smallest absolute Gasteiger partial charge is 0.133 e. The summed E-state index contributed by atoms with van der Waals surface area (Å²) in [5, 5.41) is 0.712. The molecule has 0 saturated heterocycles. The third-order valence-electron chi connectivity index (χ3n) is 1.85. The van der Waals surface area contributed by atoms with Crippen LogP contribution in [0.3, 0.4) is 0 Å². The van der Waals surface area contributed by atoms with Crippen molar-refractivity contribution in [3.63, 3.8) is 0 Å². The zero-order chi connectivity index (χ0) is 9.42. The van der Waals surface area contributed by atoms with Crippen molar-refractivity contribution in [1.82, 2.24) is 9.97 Å². The number of hydrogen-bond donors (Lipinski definition) is 1. The van der Waals surface area contributed by atoms with Gasteiger partial charge in [0.15, 0.2) is 0 Å². The van der Waals surface area contributed by atoms with Crippen LogP contribution < -0.4 is 0 Å². The van der Waals surface area contributed by atoms with Gasteiger partial charge in [0, 0.05) is 5.02 Å². The number of fused-ring (bicyclic) bond motifs is 1. The lowest BCUT2D eigenvalue weighted by Gasteiger charge is -1.88. The van der Waals surface area contributed by atoms with Crippen molar-refractivity contribution in [2.24, 2.45) is 0 Å². The summed E-state index contributed by atoms with van der Waals surface area (Å²) >= 11 is 5.84. The van der Waals surface area contributed by atoms with E-state index in [1.54, 1.807) is 0 Å². The summed E-state index contributed by atoms with van der Waals surface area (Å²) in [4.78, 5) is 7.48. The molecule has 0 amide bonds. The topological polar surface area (TPSA) is 28.7 Å². The molecule has 0 atom stereocenters. The molecular weight excluding hydrogens is 184 g/mol. The number of halogens is 1. The molecule has 1 aromatic heterocycles. The summed E-state index contributed by atoms with van der Waals surface area (Å²) in [6, 6.07) is 5.57.